The predicted octanol–water partition coefficient (Wildman–Crippen LogP) is 3.46. The van der Waals surface area contributed by atoms with Crippen LogP contribution in [0.25, 0.3) is 0 Å². The number of rotatable bonds is 4. The van der Waals surface area contributed by atoms with Crippen molar-refractivity contribution in [2.75, 3.05) is 31.1 Å². The lowest BCUT2D eigenvalue weighted by atomic mass is 10.0. The number of carbonyl (C=O) groups excluding carboxylic acids is 2. The molecule has 2 fully saturated rings. The molecule has 0 atom stereocenters. The Morgan fingerprint density at radius 1 is 0.862 bits per heavy atom. The third-order valence-corrected chi connectivity index (χ3v) is 5.82. The summed E-state index contributed by atoms with van der Waals surface area (Å²) in [5, 5.41) is 2.95. The Labute approximate surface area is 170 Å². The minimum Gasteiger partial charge on any atom is -0.371 e. The van der Waals surface area contributed by atoms with Gasteiger partial charge in [-0.1, -0.05) is 24.3 Å². The Hall–Kier alpha value is -2.89. The van der Waals surface area contributed by atoms with Crippen molar-refractivity contribution >= 4 is 17.5 Å². The molecule has 0 radical (unpaired) electrons. The summed E-state index contributed by atoms with van der Waals surface area (Å²) in [7, 11) is 0. The van der Waals surface area contributed by atoms with Gasteiger partial charge in [0.2, 0.25) is 0 Å². The van der Waals surface area contributed by atoms with Crippen LogP contribution in [0, 0.1) is 5.82 Å². The maximum absolute atomic E-state index is 13.8. The largest absolute Gasteiger partial charge is 0.371 e. The summed E-state index contributed by atoms with van der Waals surface area (Å²) in [6.45, 7) is 3.15. The highest BCUT2D eigenvalue weighted by molar-refractivity contribution is 6.00. The Morgan fingerprint density at radius 3 is 2.17 bits per heavy atom. The van der Waals surface area contributed by atoms with Crippen LogP contribution >= 0.6 is 0 Å². The fourth-order valence-corrected chi connectivity index (χ4v) is 4.19. The van der Waals surface area contributed by atoms with Crippen LogP contribution in [-0.4, -0.2) is 48.9 Å². The Bertz CT molecular complexity index is 887. The Balaban J connectivity index is 1.39. The first-order valence-corrected chi connectivity index (χ1v) is 10.3. The van der Waals surface area contributed by atoms with Crippen LogP contribution < -0.4 is 10.2 Å². The van der Waals surface area contributed by atoms with Crippen molar-refractivity contribution < 1.29 is 14.0 Å². The highest BCUT2D eigenvalue weighted by atomic mass is 19.1. The van der Waals surface area contributed by atoms with E-state index in [0.717, 1.165) is 63.1 Å². The number of nitrogens with zero attached hydrogens (tertiary/aromatic N) is 2. The van der Waals surface area contributed by atoms with Gasteiger partial charge in [0, 0.05) is 37.9 Å². The van der Waals surface area contributed by atoms with Gasteiger partial charge in [-0.05, 0) is 49.9 Å². The minimum absolute atomic E-state index is 0.000183. The van der Waals surface area contributed by atoms with Gasteiger partial charge in [-0.3, -0.25) is 9.59 Å². The summed E-state index contributed by atoms with van der Waals surface area (Å²) < 4.78 is 13.8. The van der Waals surface area contributed by atoms with E-state index in [4.69, 9.17) is 0 Å². The molecule has 0 spiro atoms. The van der Waals surface area contributed by atoms with Crippen LogP contribution in [0.1, 0.15) is 46.4 Å². The lowest BCUT2D eigenvalue weighted by Crippen LogP contribution is -2.45. The fourth-order valence-electron chi connectivity index (χ4n) is 4.19. The zero-order chi connectivity index (χ0) is 20.2. The van der Waals surface area contributed by atoms with Gasteiger partial charge in [-0.2, -0.15) is 0 Å². The molecule has 2 aromatic carbocycles. The first-order chi connectivity index (χ1) is 14.1. The number of piperidine rings is 1. The highest BCUT2D eigenvalue weighted by Gasteiger charge is 2.27. The second kappa shape index (κ2) is 8.64. The highest BCUT2D eigenvalue weighted by Crippen LogP contribution is 2.26. The molecule has 0 unspecified atom stereocenters. The molecule has 6 heteroatoms. The number of likely N-dealkylation sites (tertiary alicyclic amines) is 1. The standard InChI is InChI=1S/C23H26FN3O2/c24-20-9-3-1-7-18(20)22(28)25-17-11-15-26(16-12-17)21-10-4-2-8-19(21)23(29)27-13-5-6-14-27/h1-4,7-10,17H,5-6,11-16H2,(H,25,28). The van der Waals surface area contributed by atoms with Crippen molar-refractivity contribution in [1.82, 2.24) is 10.2 Å². The third-order valence-electron chi connectivity index (χ3n) is 5.82. The molecule has 2 aliphatic heterocycles. The minimum atomic E-state index is -0.503. The van der Waals surface area contributed by atoms with Gasteiger partial charge in [0.15, 0.2) is 0 Å². The number of halogens is 1. The van der Waals surface area contributed by atoms with Crippen molar-refractivity contribution in [1.29, 1.82) is 0 Å². The maximum Gasteiger partial charge on any atom is 0.255 e. The van der Waals surface area contributed by atoms with Gasteiger partial charge in [0.1, 0.15) is 5.82 Å². The summed E-state index contributed by atoms with van der Waals surface area (Å²) in [5.41, 5.74) is 1.79. The van der Waals surface area contributed by atoms with Crippen molar-refractivity contribution in [3.05, 3.63) is 65.5 Å². The lowest BCUT2D eigenvalue weighted by Gasteiger charge is -2.35. The van der Waals surface area contributed by atoms with E-state index in [-0.39, 0.29) is 23.4 Å². The van der Waals surface area contributed by atoms with Crippen LogP contribution in [0.2, 0.25) is 0 Å². The van der Waals surface area contributed by atoms with Crippen molar-refractivity contribution in [3.63, 3.8) is 0 Å². The smallest absolute Gasteiger partial charge is 0.255 e. The summed E-state index contributed by atoms with van der Waals surface area (Å²) in [6.07, 6.45) is 3.65. The number of hydrogen-bond acceptors (Lipinski definition) is 3. The first kappa shape index (κ1) is 19.4. The normalized spacial score (nSPS) is 17.4. The molecule has 0 aliphatic carbocycles. The second-order valence-electron chi connectivity index (χ2n) is 7.73. The average molecular weight is 395 g/mol. The topological polar surface area (TPSA) is 52.7 Å². The SMILES string of the molecule is O=C(NC1CCN(c2ccccc2C(=O)N2CCCC2)CC1)c1ccccc1F. The lowest BCUT2D eigenvalue weighted by molar-refractivity contribution is 0.0793. The molecule has 0 aromatic heterocycles. The number of para-hydroxylation sites is 1. The van der Waals surface area contributed by atoms with E-state index in [0.29, 0.717) is 0 Å². The third kappa shape index (κ3) is 4.26. The molecule has 29 heavy (non-hydrogen) atoms. The van der Waals surface area contributed by atoms with E-state index in [2.05, 4.69) is 10.2 Å². The van der Waals surface area contributed by atoms with Crippen molar-refractivity contribution in [2.24, 2.45) is 0 Å². The van der Waals surface area contributed by atoms with Gasteiger partial charge >= 0.3 is 0 Å². The van der Waals surface area contributed by atoms with Crippen LogP contribution in [0.3, 0.4) is 0 Å². The summed E-state index contributed by atoms with van der Waals surface area (Å²) in [6, 6.07) is 13.8. The van der Waals surface area contributed by atoms with Gasteiger partial charge in [0.25, 0.3) is 11.8 Å². The molecule has 4 rings (SSSR count). The van der Waals surface area contributed by atoms with Gasteiger partial charge in [0.05, 0.1) is 11.1 Å². The van der Waals surface area contributed by atoms with E-state index < -0.39 is 5.82 Å². The molecule has 5 nitrogen and oxygen atoms in total. The monoisotopic (exact) mass is 395 g/mol. The van der Waals surface area contributed by atoms with Crippen LogP contribution in [0.15, 0.2) is 48.5 Å². The molecular formula is C23H26FN3O2. The van der Waals surface area contributed by atoms with Gasteiger partial charge < -0.3 is 15.1 Å². The quantitative estimate of drug-likeness (QED) is 0.863. The molecule has 152 valence electrons. The number of anilines is 1. The number of hydrogen-bond donors (Lipinski definition) is 1. The second-order valence-corrected chi connectivity index (χ2v) is 7.73. The summed E-state index contributed by atoms with van der Waals surface area (Å²) >= 11 is 0. The van der Waals surface area contributed by atoms with Crippen molar-refractivity contribution in [3.8, 4) is 0 Å². The predicted molar refractivity (Wildman–Crippen MR) is 111 cm³/mol. The van der Waals surface area contributed by atoms with Crippen LogP contribution in [0.5, 0.6) is 0 Å². The van der Waals surface area contributed by atoms with Crippen LogP contribution in [-0.2, 0) is 0 Å². The van der Waals surface area contributed by atoms with Gasteiger partial charge in [-0.25, -0.2) is 4.39 Å². The molecular weight excluding hydrogens is 369 g/mol. The van der Waals surface area contributed by atoms with Crippen LogP contribution in [0.4, 0.5) is 10.1 Å². The number of benzene rings is 2. The molecule has 1 N–H and O–H groups in total. The molecule has 2 aliphatic rings. The molecule has 2 saturated heterocycles. The summed E-state index contributed by atoms with van der Waals surface area (Å²) in [4.78, 5) is 29.4. The van der Waals surface area contributed by atoms with Gasteiger partial charge in [-0.15, -0.1) is 0 Å². The Kier molecular flexibility index (Phi) is 5.79. The maximum atomic E-state index is 13.8. The van der Waals surface area contributed by atoms with Crippen molar-refractivity contribution in [2.45, 2.75) is 31.7 Å². The number of carbonyl (C=O) groups is 2. The van der Waals surface area contributed by atoms with E-state index >= 15 is 0 Å². The molecule has 2 aromatic rings. The molecule has 0 bridgehead atoms. The zero-order valence-electron chi connectivity index (χ0n) is 16.4. The molecule has 2 amide bonds. The van der Waals surface area contributed by atoms with E-state index in [9.17, 15) is 14.0 Å². The Morgan fingerprint density at radius 2 is 1.48 bits per heavy atom. The fraction of sp³-hybridized carbons (Fsp3) is 0.391. The van der Waals surface area contributed by atoms with E-state index in [1.807, 2.05) is 29.2 Å². The van der Waals surface area contributed by atoms with E-state index in [1.165, 1.54) is 12.1 Å². The average Bonchev–Trinajstić information content (AvgIpc) is 3.29. The zero-order valence-corrected chi connectivity index (χ0v) is 16.4. The van der Waals surface area contributed by atoms with E-state index in [1.54, 1.807) is 12.1 Å². The molecule has 2 heterocycles. The number of nitrogens with one attached hydrogen (secondary N) is 1. The molecule has 0 saturated carbocycles. The summed E-state index contributed by atoms with van der Waals surface area (Å²) in [5.74, 6) is -0.768. The number of amides is 2. The first-order valence-electron chi connectivity index (χ1n) is 10.3.